The van der Waals surface area contributed by atoms with Crippen molar-refractivity contribution in [1.29, 1.82) is 0 Å². The quantitative estimate of drug-likeness (QED) is 0.471. The van der Waals surface area contributed by atoms with Gasteiger partial charge in [0.05, 0.1) is 0 Å². The number of ketones is 1. The van der Waals surface area contributed by atoms with Crippen molar-refractivity contribution >= 4 is 14.1 Å². The van der Waals surface area contributed by atoms with E-state index in [4.69, 9.17) is 4.43 Å². The summed E-state index contributed by atoms with van der Waals surface area (Å²) >= 11 is 0. The van der Waals surface area contributed by atoms with Gasteiger partial charge in [-0.2, -0.15) is 0 Å². The molecule has 0 heterocycles. The average molecular weight is 427 g/mol. The molecule has 0 bridgehead atoms. The second-order valence-electron chi connectivity index (χ2n) is 12.4. The van der Waals surface area contributed by atoms with Crippen LogP contribution in [-0.2, 0) is 11.2 Å². The summed E-state index contributed by atoms with van der Waals surface area (Å²) in [6.07, 6.45) is 5.39. The highest BCUT2D eigenvalue weighted by Crippen LogP contribution is 2.63. The minimum absolute atomic E-state index is 0.0725. The molecule has 0 unspecified atom stereocenters. The Labute approximate surface area is 185 Å². The van der Waals surface area contributed by atoms with E-state index in [1.54, 1.807) is 5.56 Å². The molecule has 2 saturated carbocycles. The van der Waals surface area contributed by atoms with Gasteiger partial charge in [0.2, 0.25) is 8.32 Å². The van der Waals surface area contributed by atoms with Crippen LogP contribution in [0.2, 0.25) is 18.1 Å². The van der Waals surface area contributed by atoms with Crippen LogP contribution in [0.3, 0.4) is 0 Å². The fourth-order valence-electron chi connectivity index (χ4n) is 6.93. The van der Waals surface area contributed by atoms with E-state index in [9.17, 15) is 4.79 Å². The van der Waals surface area contributed by atoms with Gasteiger partial charge in [0.15, 0.2) is 0 Å². The molecule has 0 radical (unpaired) electrons. The number of rotatable bonds is 3. The third-order valence-corrected chi connectivity index (χ3v) is 13.9. The van der Waals surface area contributed by atoms with Gasteiger partial charge in [0.1, 0.15) is 11.5 Å². The van der Waals surface area contributed by atoms with E-state index in [1.807, 2.05) is 0 Å². The minimum atomic E-state index is -1.83. The van der Waals surface area contributed by atoms with E-state index in [2.05, 4.69) is 72.8 Å². The van der Waals surface area contributed by atoms with Crippen molar-refractivity contribution < 1.29 is 9.22 Å². The molecule has 0 N–H and O–H groups in total. The smallest absolute Gasteiger partial charge is 0.250 e. The van der Waals surface area contributed by atoms with Gasteiger partial charge >= 0.3 is 0 Å². The van der Waals surface area contributed by atoms with E-state index in [0.717, 1.165) is 25.0 Å². The predicted octanol–water partition coefficient (Wildman–Crippen LogP) is 7.38. The summed E-state index contributed by atoms with van der Waals surface area (Å²) in [6.45, 7) is 18.6. The number of hydrogen-bond donors (Lipinski definition) is 0. The third kappa shape index (κ3) is 3.31. The molecular formula is C27H42O2Si. The standard InChI is InChI=1S/C27H42O2Si/c1-9-18-15-19-16-20(29-30(7,8)26(3,4)5)10-11-21(19)22-12-13-27(6)23(28)14-17(2)25(27)24(18)22/h10-11,16-18,22,24-25H,9,12-15H2,1-8H3/t17-,18-,22-,24-,25+,27-/m1/s1. The zero-order chi connectivity index (χ0) is 22.1. The summed E-state index contributed by atoms with van der Waals surface area (Å²) < 4.78 is 6.65. The Morgan fingerprint density at radius 2 is 1.90 bits per heavy atom. The number of carbonyl (C=O) groups excluding carboxylic acids is 1. The lowest BCUT2D eigenvalue weighted by molar-refractivity contribution is -0.130. The van der Waals surface area contributed by atoms with Gasteiger partial charge in [-0.25, -0.2) is 0 Å². The Balaban J connectivity index is 1.68. The lowest BCUT2D eigenvalue weighted by atomic mass is 9.51. The zero-order valence-electron chi connectivity index (χ0n) is 20.5. The molecule has 0 aliphatic heterocycles. The Kier molecular flexibility index (Phi) is 5.32. The molecule has 0 amide bonds. The van der Waals surface area contributed by atoms with Gasteiger partial charge in [-0.3, -0.25) is 4.79 Å². The molecule has 4 rings (SSSR count). The Morgan fingerprint density at radius 1 is 1.20 bits per heavy atom. The first-order valence-electron chi connectivity index (χ1n) is 12.2. The summed E-state index contributed by atoms with van der Waals surface area (Å²) in [6, 6.07) is 6.98. The van der Waals surface area contributed by atoms with E-state index >= 15 is 0 Å². The highest BCUT2D eigenvalue weighted by Gasteiger charge is 2.59. The van der Waals surface area contributed by atoms with Crippen LogP contribution in [-0.4, -0.2) is 14.1 Å². The van der Waals surface area contributed by atoms with E-state index in [1.165, 1.54) is 18.4 Å². The Bertz CT molecular complexity index is 836. The molecule has 3 aliphatic carbocycles. The normalized spacial score (nSPS) is 36.1. The van der Waals surface area contributed by atoms with Crippen LogP contribution in [0.15, 0.2) is 18.2 Å². The van der Waals surface area contributed by atoms with E-state index in [0.29, 0.717) is 35.4 Å². The minimum Gasteiger partial charge on any atom is -0.543 e. The maximum absolute atomic E-state index is 12.9. The molecule has 1 aromatic rings. The van der Waals surface area contributed by atoms with Crippen molar-refractivity contribution in [1.82, 2.24) is 0 Å². The van der Waals surface area contributed by atoms with Crippen LogP contribution in [0.1, 0.15) is 84.3 Å². The number of hydrogen-bond acceptors (Lipinski definition) is 2. The van der Waals surface area contributed by atoms with Crippen molar-refractivity contribution in [3.05, 3.63) is 29.3 Å². The molecule has 166 valence electrons. The van der Waals surface area contributed by atoms with Gasteiger partial charge in [0, 0.05) is 11.8 Å². The van der Waals surface area contributed by atoms with E-state index < -0.39 is 8.32 Å². The first-order chi connectivity index (χ1) is 13.9. The molecular weight excluding hydrogens is 384 g/mol. The molecule has 2 nitrogen and oxygen atoms in total. The molecule has 6 atom stereocenters. The zero-order valence-corrected chi connectivity index (χ0v) is 21.5. The summed E-state index contributed by atoms with van der Waals surface area (Å²) in [5, 5.41) is 0.207. The topological polar surface area (TPSA) is 26.3 Å². The summed E-state index contributed by atoms with van der Waals surface area (Å²) in [4.78, 5) is 12.9. The number of fused-ring (bicyclic) bond motifs is 5. The molecule has 0 spiro atoms. The largest absolute Gasteiger partial charge is 0.543 e. The monoisotopic (exact) mass is 426 g/mol. The maximum atomic E-state index is 12.9. The summed E-state index contributed by atoms with van der Waals surface area (Å²) in [7, 11) is -1.83. The van der Waals surface area contributed by atoms with Crippen molar-refractivity contribution in [3.63, 3.8) is 0 Å². The fourth-order valence-corrected chi connectivity index (χ4v) is 7.95. The molecule has 30 heavy (non-hydrogen) atoms. The molecule has 2 fully saturated rings. The van der Waals surface area contributed by atoms with Crippen LogP contribution < -0.4 is 4.43 Å². The number of benzene rings is 1. The van der Waals surface area contributed by atoms with Gasteiger partial charge in [-0.15, -0.1) is 0 Å². The third-order valence-electron chi connectivity index (χ3n) is 9.59. The van der Waals surface area contributed by atoms with Crippen LogP contribution in [0, 0.1) is 29.1 Å². The highest BCUT2D eigenvalue weighted by molar-refractivity contribution is 6.74. The average Bonchev–Trinajstić information content (AvgIpc) is 2.88. The van der Waals surface area contributed by atoms with Crippen LogP contribution in [0.4, 0.5) is 0 Å². The maximum Gasteiger partial charge on any atom is 0.250 e. The van der Waals surface area contributed by atoms with Crippen LogP contribution >= 0.6 is 0 Å². The SMILES string of the molecule is CC[C@@H]1Cc2cc(O[Si](C)(C)C(C)(C)C)ccc2[C@H]2CC[C@]3(C)C(=O)C[C@@H](C)[C@H]3[C@H]12. The first-order valence-corrected chi connectivity index (χ1v) is 15.1. The summed E-state index contributed by atoms with van der Waals surface area (Å²) in [5.74, 6) is 4.67. The second kappa shape index (κ2) is 7.22. The molecule has 1 aromatic carbocycles. The summed E-state index contributed by atoms with van der Waals surface area (Å²) in [5.41, 5.74) is 3.00. The fraction of sp³-hybridized carbons (Fsp3) is 0.741. The van der Waals surface area contributed by atoms with Crippen molar-refractivity contribution in [3.8, 4) is 5.75 Å². The lowest BCUT2D eigenvalue weighted by Crippen LogP contribution is -2.47. The molecule has 0 aromatic heterocycles. The number of Topliss-reactive ketones (excluding diaryl/α,β-unsaturated/α-hetero) is 1. The lowest BCUT2D eigenvalue weighted by Gasteiger charge is -2.52. The van der Waals surface area contributed by atoms with Gasteiger partial charge < -0.3 is 4.43 Å². The molecule has 3 aliphatic rings. The highest BCUT2D eigenvalue weighted by atomic mass is 28.4. The van der Waals surface area contributed by atoms with Crippen LogP contribution in [0.25, 0.3) is 0 Å². The van der Waals surface area contributed by atoms with Crippen LogP contribution in [0.5, 0.6) is 5.75 Å². The first kappa shape index (κ1) is 22.1. The predicted molar refractivity (Wildman–Crippen MR) is 128 cm³/mol. The van der Waals surface area contributed by atoms with Gasteiger partial charge in [-0.1, -0.05) is 54.0 Å². The van der Waals surface area contributed by atoms with Gasteiger partial charge in [-0.05, 0) is 90.2 Å². The van der Waals surface area contributed by atoms with Crippen molar-refractivity contribution in [2.45, 2.75) is 97.7 Å². The Hall–Kier alpha value is -1.09. The number of carbonyl (C=O) groups is 1. The van der Waals surface area contributed by atoms with Crippen molar-refractivity contribution in [2.75, 3.05) is 0 Å². The Morgan fingerprint density at radius 3 is 2.53 bits per heavy atom. The second-order valence-corrected chi connectivity index (χ2v) is 17.1. The molecule has 3 heteroatoms. The van der Waals surface area contributed by atoms with E-state index in [-0.39, 0.29) is 10.5 Å². The van der Waals surface area contributed by atoms with Gasteiger partial charge in [0.25, 0.3) is 0 Å². The van der Waals surface area contributed by atoms with Crippen molar-refractivity contribution in [2.24, 2.45) is 29.1 Å². The molecule has 0 saturated heterocycles.